The van der Waals surface area contributed by atoms with E-state index in [-0.39, 0.29) is 22.7 Å². The lowest BCUT2D eigenvalue weighted by Crippen LogP contribution is -3.00. The Kier molecular flexibility index (Phi) is 4.40. The molecule has 4 rings (SSSR count). The van der Waals surface area contributed by atoms with Crippen LogP contribution >= 0.6 is 0 Å². The molecule has 0 aliphatic heterocycles. The molecule has 4 aromatic rings. The number of H-pyrrole nitrogens is 1. The molecular formula is C20H17BrN2O. The summed E-state index contributed by atoms with van der Waals surface area (Å²) >= 11 is 0. The van der Waals surface area contributed by atoms with E-state index < -0.39 is 0 Å². The van der Waals surface area contributed by atoms with E-state index >= 15 is 0 Å². The topological polar surface area (TPSA) is 39.9 Å². The van der Waals surface area contributed by atoms with E-state index in [1.165, 1.54) is 0 Å². The predicted octanol–water partition coefficient (Wildman–Crippen LogP) is 1.17. The van der Waals surface area contributed by atoms with Gasteiger partial charge in [0.05, 0.1) is 0 Å². The van der Waals surface area contributed by atoms with Crippen molar-refractivity contribution >= 4 is 21.8 Å². The number of nitrogens with one attached hydrogen (secondary N) is 1. The molecule has 0 amide bonds. The maximum Gasteiger partial charge on any atom is 0.237 e. The lowest BCUT2D eigenvalue weighted by Gasteiger charge is -2.04. The molecule has 2 aromatic heterocycles. The summed E-state index contributed by atoms with van der Waals surface area (Å²) in [6, 6.07) is 17.8. The van der Waals surface area contributed by atoms with Crippen LogP contribution in [0.1, 0.15) is 0 Å². The normalized spacial score (nSPS) is 10.7. The number of rotatable bonds is 3. The highest BCUT2D eigenvalue weighted by Crippen LogP contribution is 2.32. The molecule has 0 radical (unpaired) electrons. The Morgan fingerprint density at radius 2 is 1.83 bits per heavy atom. The van der Waals surface area contributed by atoms with E-state index in [0.29, 0.717) is 0 Å². The van der Waals surface area contributed by atoms with Gasteiger partial charge in [-0.25, -0.2) is 0 Å². The molecule has 3 nitrogen and oxygen atoms in total. The number of phenols is 1. The van der Waals surface area contributed by atoms with E-state index in [4.69, 9.17) is 0 Å². The number of allylic oxidation sites excluding steroid dienone is 1. The summed E-state index contributed by atoms with van der Waals surface area (Å²) in [7, 11) is 0. The van der Waals surface area contributed by atoms with Crippen molar-refractivity contribution in [1.29, 1.82) is 0 Å². The molecule has 0 unspecified atom stereocenters. The number of fused-ring (bicyclic) bond motifs is 3. The number of aromatic nitrogens is 2. The zero-order valence-electron chi connectivity index (χ0n) is 13.0. The van der Waals surface area contributed by atoms with Crippen molar-refractivity contribution < 1.29 is 26.7 Å². The molecule has 0 aliphatic carbocycles. The first-order valence-corrected chi connectivity index (χ1v) is 7.61. The zero-order chi connectivity index (χ0) is 15.8. The van der Waals surface area contributed by atoms with Crippen molar-refractivity contribution in [3.63, 3.8) is 0 Å². The Morgan fingerprint density at radius 3 is 2.58 bits per heavy atom. The van der Waals surface area contributed by atoms with Crippen LogP contribution in [0.4, 0.5) is 0 Å². The second-order valence-corrected chi connectivity index (χ2v) is 5.61. The quantitative estimate of drug-likeness (QED) is 0.406. The fourth-order valence-electron chi connectivity index (χ4n) is 3.14. The second-order valence-electron chi connectivity index (χ2n) is 5.61. The van der Waals surface area contributed by atoms with Crippen LogP contribution in [0, 0.1) is 0 Å². The minimum Gasteiger partial charge on any atom is -1.00 e. The van der Waals surface area contributed by atoms with Crippen LogP contribution in [0.3, 0.4) is 0 Å². The van der Waals surface area contributed by atoms with Crippen LogP contribution in [0.5, 0.6) is 5.75 Å². The highest BCUT2D eigenvalue weighted by atomic mass is 79.9. The van der Waals surface area contributed by atoms with Crippen molar-refractivity contribution in [3.05, 3.63) is 73.4 Å². The fourth-order valence-corrected chi connectivity index (χ4v) is 3.14. The monoisotopic (exact) mass is 380 g/mol. The number of phenolic OH excluding ortho intramolecular Hbond substituents is 1. The Balaban J connectivity index is 0.00000169. The van der Waals surface area contributed by atoms with Crippen molar-refractivity contribution in [3.8, 4) is 17.0 Å². The number of hydrogen-bond donors (Lipinski definition) is 2. The molecular weight excluding hydrogens is 364 g/mol. The lowest BCUT2D eigenvalue weighted by molar-refractivity contribution is -0.675. The van der Waals surface area contributed by atoms with Gasteiger partial charge in [-0.1, -0.05) is 24.8 Å². The van der Waals surface area contributed by atoms with Gasteiger partial charge in [0.2, 0.25) is 5.69 Å². The predicted molar refractivity (Wildman–Crippen MR) is 93.3 cm³/mol. The lowest BCUT2D eigenvalue weighted by atomic mass is 10.1. The number of halogens is 1. The minimum atomic E-state index is 0. The summed E-state index contributed by atoms with van der Waals surface area (Å²) < 4.78 is 2.18. The Bertz CT molecular complexity index is 1020. The van der Waals surface area contributed by atoms with Crippen molar-refractivity contribution in [2.45, 2.75) is 6.54 Å². The number of aromatic hydroxyl groups is 1. The number of aromatic amines is 1. The van der Waals surface area contributed by atoms with Gasteiger partial charge >= 0.3 is 0 Å². The molecule has 2 N–H and O–H groups in total. The summed E-state index contributed by atoms with van der Waals surface area (Å²) in [4.78, 5) is 3.50. The van der Waals surface area contributed by atoms with Gasteiger partial charge in [-0.3, -0.25) is 0 Å². The Hall–Kier alpha value is -2.59. The third-order valence-electron chi connectivity index (χ3n) is 4.14. The maximum atomic E-state index is 9.80. The molecule has 0 saturated carbocycles. The summed E-state index contributed by atoms with van der Waals surface area (Å²) in [5.41, 5.74) is 4.36. The molecule has 4 heteroatoms. The molecule has 0 saturated heterocycles. The number of nitrogens with zero attached hydrogens (tertiary/aromatic N) is 1. The van der Waals surface area contributed by atoms with Gasteiger partial charge in [0.25, 0.3) is 0 Å². The first kappa shape index (κ1) is 16.3. The number of benzene rings is 2. The maximum absolute atomic E-state index is 9.80. The smallest absolute Gasteiger partial charge is 0.237 e. The molecule has 0 atom stereocenters. The molecule has 0 fully saturated rings. The van der Waals surface area contributed by atoms with E-state index in [1.807, 2.05) is 30.3 Å². The molecule has 0 bridgehead atoms. The van der Waals surface area contributed by atoms with Crippen molar-refractivity contribution in [1.82, 2.24) is 4.98 Å². The third kappa shape index (κ3) is 2.59. The summed E-state index contributed by atoms with van der Waals surface area (Å²) in [5.74, 6) is 0.280. The summed E-state index contributed by atoms with van der Waals surface area (Å²) in [6.45, 7) is 4.60. The van der Waals surface area contributed by atoms with Gasteiger partial charge in [0.15, 0.2) is 12.7 Å². The van der Waals surface area contributed by atoms with Gasteiger partial charge in [-0.2, -0.15) is 4.57 Å². The Labute approximate surface area is 150 Å². The highest BCUT2D eigenvalue weighted by Gasteiger charge is 2.19. The second kappa shape index (κ2) is 6.49. The number of hydrogen-bond acceptors (Lipinski definition) is 1. The Morgan fingerprint density at radius 1 is 1.04 bits per heavy atom. The standard InChI is InChI=1S/C20H16N2O.BrH/c1-2-11-22-12-10-16-17-13-15(23)8-9-18(17)21-19(16)20(22)14-6-4-3-5-7-14;/h2-10,12-13,23H,1,11H2;1H. The van der Waals surface area contributed by atoms with E-state index in [9.17, 15) is 5.11 Å². The largest absolute Gasteiger partial charge is 1.00 e. The molecule has 120 valence electrons. The van der Waals surface area contributed by atoms with E-state index in [0.717, 1.165) is 39.6 Å². The molecule has 2 aromatic carbocycles. The van der Waals surface area contributed by atoms with Crippen LogP contribution in [0.2, 0.25) is 0 Å². The van der Waals surface area contributed by atoms with Crippen molar-refractivity contribution in [2.75, 3.05) is 0 Å². The molecule has 0 spiro atoms. The van der Waals surface area contributed by atoms with Crippen molar-refractivity contribution in [2.24, 2.45) is 0 Å². The van der Waals surface area contributed by atoms with Gasteiger partial charge in [0, 0.05) is 27.9 Å². The average molecular weight is 381 g/mol. The fraction of sp³-hybridized carbons (Fsp3) is 0.0500. The van der Waals surface area contributed by atoms with E-state index in [2.05, 4.69) is 40.5 Å². The van der Waals surface area contributed by atoms with Crippen LogP contribution in [0.25, 0.3) is 33.1 Å². The van der Waals surface area contributed by atoms with Crippen LogP contribution in [-0.2, 0) is 6.54 Å². The van der Waals surface area contributed by atoms with Gasteiger partial charge in [-0.05, 0) is 36.4 Å². The molecule has 24 heavy (non-hydrogen) atoms. The minimum absolute atomic E-state index is 0. The van der Waals surface area contributed by atoms with Gasteiger partial charge in [-0.15, -0.1) is 0 Å². The number of pyridine rings is 1. The third-order valence-corrected chi connectivity index (χ3v) is 4.14. The summed E-state index contributed by atoms with van der Waals surface area (Å²) in [6.07, 6.45) is 3.97. The van der Waals surface area contributed by atoms with E-state index in [1.54, 1.807) is 12.1 Å². The van der Waals surface area contributed by atoms with Crippen LogP contribution in [-0.4, -0.2) is 10.1 Å². The van der Waals surface area contributed by atoms with Crippen LogP contribution in [0.15, 0.2) is 73.4 Å². The molecule has 2 heterocycles. The SMILES string of the molecule is C=CC[n+]1ccc2c([nH]c3ccc(O)cc32)c1-c1ccccc1.[Br-]. The van der Waals surface area contributed by atoms with Crippen LogP contribution < -0.4 is 21.5 Å². The molecule has 0 aliphatic rings. The summed E-state index contributed by atoms with van der Waals surface area (Å²) in [5, 5.41) is 11.9. The highest BCUT2D eigenvalue weighted by molar-refractivity contribution is 6.10. The zero-order valence-corrected chi connectivity index (χ0v) is 14.6. The van der Waals surface area contributed by atoms with Gasteiger partial charge < -0.3 is 27.1 Å². The first-order valence-electron chi connectivity index (χ1n) is 7.61. The van der Waals surface area contributed by atoms with Gasteiger partial charge in [0.1, 0.15) is 11.3 Å². The first-order chi connectivity index (χ1) is 11.3. The average Bonchev–Trinajstić information content (AvgIpc) is 2.93.